The van der Waals surface area contributed by atoms with Gasteiger partial charge in [-0.25, -0.2) is 0 Å². The second kappa shape index (κ2) is 6.60. The van der Waals surface area contributed by atoms with Crippen LogP contribution in [0.2, 0.25) is 0 Å². The Hall–Kier alpha value is -1.50. The van der Waals surface area contributed by atoms with Gasteiger partial charge >= 0.3 is 0 Å². The predicted molar refractivity (Wildman–Crippen MR) is 83.8 cm³/mol. The molecule has 0 radical (unpaired) electrons. The average molecular weight is 255 g/mol. The molecule has 2 rings (SSSR count). The molecule has 0 amide bonds. The fraction of sp³-hybridized carbons (Fsp3) is 0.444. The van der Waals surface area contributed by atoms with Gasteiger partial charge in [-0.15, -0.1) is 6.58 Å². The topological polar surface area (TPSA) is 12.0 Å². The first kappa shape index (κ1) is 13.9. The lowest BCUT2D eigenvalue weighted by Gasteiger charge is -2.34. The van der Waals surface area contributed by atoms with Crippen LogP contribution in [-0.4, -0.2) is 6.04 Å². The zero-order chi connectivity index (χ0) is 13.7. The summed E-state index contributed by atoms with van der Waals surface area (Å²) in [4.78, 5) is 0. The van der Waals surface area contributed by atoms with E-state index in [1.54, 1.807) is 0 Å². The molecule has 0 saturated carbocycles. The lowest BCUT2D eigenvalue weighted by molar-refractivity contribution is 0.392. The third-order valence-electron chi connectivity index (χ3n) is 4.06. The van der Waals surface area contributed by atoms with Crippen LogP contribution in [0.4, 0.5) is 0 Å². The van der Waals surface area contributed by atoms with Crippen LogP contribution in [0, 0.1) is 5.92 Å². The molecule has 1 heterocycles. The summed E-state index contributed by atoms with van der Waals surface area (Å²) in [6, 6.07) is 0.502. The van der Waals surface area contributed by atoms with Crippen molar-refractivity contribution in [1.29, 1.82) is 0 Å². The quantitative estimate of drug-likeness (QED) is 0.568. The largest absolute Gasteiger partial charge is 0.382 e. The highest BCUT2D eigenvalue weighted by atomic mass is 14.9. The molecule has 1 aliphatic carbocycles. The molecule has 1 N–H and O–H groups in total. The molecule has 1 fully saturated rings. The zero-order valence-electron chi connectivity index (χ0n) is 12.2. The van der Waals surface area contributed by atoms with Gasteiger partial charge in [-0.1, -0.05) is 41.5 Å². The van der Waals surface area contributed by atoms with Crippen LogP contribution in [0.15, 0.2) is 59.9 Å². The third-order valence-corrected chi connectivity index (χ3v) is 4.06. The summed E-state index contributed by atoms with van der Waals surface area (Å²) < 4.78 is 0. The van der Waals surface area contributed by atoms with Crippen LogP contribution in [-0.2, 0) is 0 Å². The minimum absolute atomic E-state index is 0.502. The van der Waals surface area contributed by atoms with Crippen LogP contribution in [0.3, 0.4) is 0 Å². The van der Waals surface area contributed by atoms with Crippen molar-refractivity contribution < 1.29 is 0 Å². The normalized spacial score (nSPS) is 27.4. The minimum atomic E-state index is 0.502. The van der Waals surface area contributed by atoms with E-state index in [0.29, 0.717) is 6.04 Å². The van der Waals surface area contributed by atoms with Gasteiger partial charge in [0.05, 0.1) is 0 Å². The summed E-state index contributed by atoms with van der Waals surface area (Å²) in [5.41, 5.74) is 4.22. The third kappa shape index (κ3) is 3.73. The van der Waals surface area contributed by atoms with E-state index < -0.39 is 0 Å². The molecule has 1 nitrogen and oxygen atoms in total. The van der Waals surface area contributed by atoms with Gasteiger partial charge in [0.2, 0.25) is 0 Å². The van der Waals surface area contributed by atoms with Gasteiger partial charge in [0.25, 0.3) is 0 Å². The van der Waals surface area contributed by atoms with E-state index in [1.165, 1.54) is 36.1 Å². The second-order valence-corrected chi connectivity index (χ2v) is 5.67. The SMILES string of the molecule is C=CC/C(C)=C\C=C(/C)C1CCC2CC=CC=C2N1. The molecule has 0 aromatic heterocycles. The average Bonchev–Trinajstić information content (AvgIpc) is 2.44. The van der Waals surface area contributed by atoms with Crippen LogP contribution < -0.4 is 5.32 Å². The Labute approximate surface area is 117 Å². The predicted octanol–water partition coefficient (Wildman–Crippen LogP) is 4.67. The number of fused-ring (bicyclic) bond motifs is 1. The van der Waals surface area contributed by atoms with E-state index in [0.717, 1.165) is 12.3 Å². The Morgan fingerprint density at radius 2 is 2.21 bits per heavy atom. The first-order chi connectivity index (χ1) is 9.20. The summed E-state index contributed by atoms with van der Waals surface area (Å²) in [6.45, 7) is 8.16. The van der Waals surface area contributed by atoms with Crippen molar-refractivity contribution in [3.8, 4) is 0 Å². The van der Waals surface area contributed by atoms with Crippen molar-refractivity contribution in [3.05, 3.63) is 59.9 Å². The maximum absolute atomic E-state index is 3.77. The Kier molecular flexibility index (Phi) is 4.84. The minimum Gasteiger partial charge on any atom is -0.382 e. The van der Waals surface area contributed by atoms with E-state index >= 15 is 0 Å². The smallest absolute Gasteiger partial charge is 0.0471 e. The van der Waals surface area contributed by atoms with Crippen molar-refractivity contribution in [1.82, 2.24) is 5.32 Å². The molecular weight excluding hydrogens is 230 g/mol. The summed E-state index contributed by atoms with van der Waals surface area (Å²) >= 11 is 0. The zero-order valence-corrected chi connectivity index (χ0v) is 12.2. The maximum Gasteiger partial charge on any atom is 0.0471 e. The van der Waals surface area contributed by atoms with Crippen molar-refractivity contribution in [3.63, 3.8) is 0 Å². The lowest BCUT2D eigenvalue weighted by Crippen LogP contribution is -2.38. The van der Waals surface area contributed by atoms with Gasteiger partial charge in [0, 0.05) is 17.7 Å². The molecule has 0 spiro atoms. The van der Waals surface area contributed by atoms with Gasteiger partial charge in [-0.2, -0.15) is 0 Å². The molecule has 2 unspecified atom stereocenters. The lowest BCUT2D eigenvalue weighted by atomic mass is 9.84. The molecule has 0 aromatic rings. The molecule has 1 aliphatic heterocycles. The van der Waals surface area contributed by atoms with E-state index in [-0.39, 0.29) is 0 Å². The fourth-order valence-corrected chi connectivity index (χ4v) is 2.79. The van der Waals surface area contributed by atoms with Crippen molar-refractivity contribution in [2.24, 2.45) is 5.92 Å². The molecular formula is C18H25N. The Morgan fingerprint density at radius 1 is 1.37 bits per heavy atom. The van der Waals surface area contributed by atoms with Crippen molar-refractivity contribution >= 4 is 0 Å². The Bertz CT molecular complexity index is 448. The van der Waals surface area contributed by atoms with Gasteiger partial charge in [-0.3, -0.25) is 0 Å². The fourth-order valence-electron chi connectivity index (χ4n) is 2.79. The molecule has 2 aliphatic rings. The number of nitrogens with one attached hydrogen (secondary N) is 1. The van der Waals surface area contributed by atoms with E-state index in [9.17, 15) is 0 Å². The Morgan fingerprint density at radius 3 is 3.00 bits per heavy atom. The van der Waals surface area contributed by atoms with Crippen molar-refractivity contribution in [2.75, 3.05) is 0 Å². The first-order valence-corrected chi connectivity index (χ1v) is 7.29. The Balaban J connectivity index is 2.00. The second-order valence-electron chi connectivity index (χ2n) is 5.67. The van der Waals surface area contributed by atoms with E-state index in [1.807, 2.05) is 6.08 Å². The molecule has 1 saturated heterocycles. The highest BCUT2D eigenvalue weighted by molar-refractivity contribution is 5.27. The van der Waals surface area contributed by atoms with Crippen LogP contribution in [0.25, 0.3) is 0 Å². The molecule has 102 valence electrons. The highest BCUT2D eigenvalue weighted by Crippen LogP contribution is 2.30. The standard InChI is InChI=1S/C18H25N/c1-4-7-14(2)10-11-15(3)17-13-12-16-8-5-6-9-18(16)19-17/h4-6,9-11,16-17,19H,1,7-8,12-13H2,2-3H3/b14-10-,15-11+. The van der Waals surface area contributed by atoms with Crippen LogP contribution >= 0.6 is 0 Å². The van der Waals surface area contributed by atoms with E-state index in [4.69, 9.17) is 0 Å². The molecule has 0 bridgehead atoms. The van der Waals surface area contributed by atoms with Crippen molar-refractivity contribution in [2.45, 2.75) is 45.6 Å². The first-order valence-electron chi connectivity index (χ1n) is 7.29. The van der Waals surface area contributed by atoms with E-state index in [2.05, 4.69) is 56.1 Å². The summed E-state index contributed by atoms with van der Waals surface area (Å²) in [6.07, 6.45) is 17.8. The number of hydrogen-bond acceptors (Lipinski definition) is 1. The van der Waals surface area contributed by atoms with Crippen LogP contribution in [0.5, 0.6) is 0 Å². The molecule has 2 atom stereocenters. The number of piperidine rings is 1. The van der Waals surface area contributed by atoms with Crippen LogP contribution in [0.1, 0.15) is 39.5 Å². The van der Waals surface area contributed by atoms with Gasteiger partial charge in [0.1, 0.15) is 0 Å². The summed E-state index contributed by atoms with van der Waals surface area (Å²) in [5.74, 6) is 0.729. The molecule has 19 heavy (non-hydrogen) atoms. The van der Waals surface area contributed by atoms with Gasteiger partial charge in [-0.05, 0) is 45.6 Å². The monoisotopic (exact) mass is 255 g/mol. The van der Waals surface area contributed by atoms with Gasteiger partial charge < -0.3 is 5.32 Å². The molecule has 1 heteroatoms. The number of allylic oxidation sites excluding steroid dienone is 8. The maximum atomic E-state index is 3.77. The number of rotatable bonds is 4. The number of hydrogen-bond donors (Lipinski definition) is 1. The summed E-state index contributed by atoms with van der Waals surface area (Å²) in [5, 5.41) is 3.70. The highest BCUT2D eigenvalue weighted by Gasteiger charge is 2.25. The van der Waals surface area contributed by atoms with Gasteiger partial charge in [0.15, 0.2) is 0 Å². The molecule has 0 aromatic carbocycles. The summed E-state index contributed by atoms with van der Waals surface area (Å²) in [7, 11) is 0.